The zero-order valence-corrected chi connectivity index (χ0v) is 12.3. The van der Waals surface area contributed by atoms with Gasteiger partial charge in [0, 0.05) is 31.9 Å². The zero-order valence-electron chi connectivity index (χ0n) is 12.3. The molecule has 0 amide bonds. The standard InChI is InChI=1S/C14H25N3O2/c1-10(2)12-7-14(18,5-6-19-12)8-13-15-9-16-17(13)11(3)4/h9-12,18H,5-8H2,1-4H3. The molecular formula is C14H25N3O2. The zero-order chi connectivity index (χ0) is 14.0. The highest BCUT2D eigenvalue weighted by Crippen LogP contribution is 2.31. The fraction of sp³-hybridized carbons (Fsp3) is 0.857. The topological polar surface area (TPSA) is 60.2 Å². The molecule has 0 aromatic carbocycles. The lowest BCUT2D eigenvalue weighted by molar-refractivity contribution is -0.117. The molecule has 2 rings (SSSR count). The Morgan fingerprint density at radius 3 is 2.84 bits per heavy atom. The average molecular weight is 267 g/mol. The van der Waals surface area contributed by atoms with Crippen LogP contribution in [0.25, 0.3) is 0 Å². The Bertz CT molecular complexity index is 417. The van der Waals surface area contributed by atoms with Crippen LogP contribution < -0.4 is 0 Å². The van der Waals surface area contributed by atoms with E-state index in [1.165, 1.54) is 0 Å². The number of rotatable bonds is 4. The normalized spacial score (nSPS) is 28.3. The van der Waals surface area contributed by atoms with Gasteiger partial charge in [-0.05, 0) is 19.8 Å². The molecule has 2 heterocycles. The van der Waals surface area contributed by atoms with E-state index in [9.17, 15) is 5.11 Å². The minimum absolute atomic E-state index is 0.133. The molecule has 0 aliphatic carbocycles. The highest BCUT2D eigenvalue weighted by atomic mass is 16.5. The van der Waals surface area contributed by atoms with E-state index in [0.717, 1.165) is 5.82 Å². The number of hydrogen-bond acceptors (Lipinski definition) is 4. The van der Waals surface area contributed by atoms with Gasteiger partial charge in [-0.3, -0.25) is 0 Å². The quantitative estimate of drug-likeness (QED) is 0.906. The molecule has 1 aromatic heterocycles. The number of hydrogen-bond donors (Lipinski definition) is 1. The molecule has 0 bridgehead atoms. The van der Waals surface area contributed by atoms with Gasteiger partial charge in [-0.2, -0.15) is 5.10 Å². The molecule has 2 atom stereocenters. The summed E-state index contributed by atoms with van der Waals surface area (Å²) < 4.78 is 7.62. The van der Waals surface area contributed by atoms with Gasteiger partial charge >= 0.3 is 0 Å². The third kappa shape index (κ3) is 3.34. The van der Waals surface area contributed by atoms with Gasteiger partial charge in [0.05, 0.1) is 11.7 Å². The van der Waals surface area contributed by atoms with Crippen LogP contribution in [-0.2, 0) is 11.2 Å². The second-order valence-electron chi connectivity index (χ2n) is 6.22. The summed E-state index contributed by atoms with van der Waals surface area (Å²) >= 11 is 0. The van der Waals surface area contributed by atoms with Gasteiger partial charge in [0.15, 0.2) is 0 Å². The third-order valence-electron chi connectivity index (χ3n) is 3.85. The first-order valence-corrected chi connectivity index (χ1v) is 7.13. The summed E-state index contributed by atoms with van der Waals surface area (Å²) in [5, 5.41) is 15.0. The van der Waals surface area contributed by atoms with Crippen LogP contribution in [0.4, 0.5) is 0 Å². The van der Waals surface area contributed by atoms with Gasteiger partial charge in [-0.1, -0.05) is 13.8 Å². The largest absolute Gasteiger partial charge is 0.389 e. The fourth-order valence-corrected chi connectivity index (χ4v) is 2.65. The Labute approximate surface area is 115 Å². The Hall–Kier alpha value is -0.940. The summed E-state index contributed by atoms with van der Waals surface area (Å²) in [4.78, 5) is 4.30. The van der Waals surface area contributed by atoms with E-state index in [4.69, 9.17) is 4.74 Å². The number of aromatic nitrogens is 3. The Morgan fingerprint density at radius 1 is 1.47 bits per heavy atom. The molecule has 1 saturated heterocycles. The van der Waals surface area contributed by atoms with Gasteiger partial charge in [-0.15, -0.1) is 0 Å². The average Bonchev–Trinajstić information content (AvgIpc) is 2.76. The Balaban J connectivity index is 2.10. The molecule has 108 valence electrons. The van der Waals surface area contributed by atoms with Crippen molar-refractivity contribution >= 4 is 0 Å². The maximum atomic E-state index is 10.8. The summed E-state index contributed by atoms with van der Waals surface area (Å²) in [6, 6.07) is 0.266. The smallest absolute Gasteiger partial charge is 0.138 e. The molecule has 1 aliphatic rings. The number of nitrogens with zero attached hydrogens (tertiary/aromatic N) is 3. The number of ether oxygens (including phenoxy) is 1. The maximum Gasteiger partial charge on any atom is 0.138 e. The van der Waals surface area contributed by atoms with E-state index < -0.39 is 5.60 Å². The van der Waals surface area contributed by atoms with Crippen LogP contribution in [0, 0.1) is 5.92 Å². The minimum Gasteiger partial charge on any atom is -0.389 e. The summed E-state index contributed by atoms with van der Waals surface area (Å²) in [5.74, 6) is 1.29. The first kappa shape index (κ1) is 14.5. The molecule has 2 unspecified atom stereocenters. The molecule has 5 nitrogen and oxygen atoms in total. The van der Waals surface area contributed by atoms with Crippen LogP contribution in [0.15, 0.2) is 6.33 Å². The molecule has 0 spiro atoms. The van der Waals surface area contributed by atoms with Crippen molar-refractivity contribution in [3.63, 3.8) is 0 Å². The maximum absolute atomic E-state index is 10.8. The van der Waals surface area contributed by atoms with Crippen molar-refractivity contribution in [2.24, 2.45) is 5.92 Å². The molecule has 1 fully saturated rings. The van der Waals surface area contributed by atoms with E-state index >= 15 is 0 Å². The Kier molecular flexibility index (Phi) is 4.26. The lowest BCUT2D eigenvalue weighted by Crippen LogP contribution is -2.44. The first-order valence-electron chi connectivity index (χ1n) is 7.13. The van der Waals surface area contributed by atoms with Crippen molar-refractivity contribution in [2.45, 2.75) is 64.7 Å². The summed E-state index contributed by atoms with van der Waals surface area (Å²) in [7, 11) is 0. The van der Waals surface area contributed by atoms with Gasteiger partial charge in [0.25, 0.3) is 0 Å². The molecule has 1 aliphatic heterocycles. The Morgan fingerprint density at radius 2 is 2.21 bits per heavy atom. The third-order valence-corrected chi connectivity index (χ3v) is 3.85. The van der Waals surface area contributed by atoms with Crippen molar-refractivity contribution in [3.05, 3.63) is 12.2 Å². The SMILES string of the molecule is CC(C)C1CC(O)(Cc2ncnn2C(C)C)CCO1. The first-order chi connectivity index (χ1) is 8.91. The van der Waals surface area contributed by atoms with Crippen LogP contribution in [0.1, 0.15) is 52.4 Å². The van der Waals surface area contributed by atoms with Gasteiger partial charge in [-0.25, -0.2) is 9.67 Å². The van der Waals surface area contributed by atoms with Crippen molar-refractivity contribution in [1.82, 2.24) is 14.8 Å². The summed E-state index contributed by atoms with van der Waals surface area (Å²) in [6.45, 7) is 9.03. The van der Waals surface area contributed by atoms with Crippen molar-refractivity contribution < 1.29 is 9.84 Å². The minimum atomic E-state index is -0.715. The van der Waals surface area contributed by atoms with Gasteiger partial charge in [0.1, 0.15) is 12.2 Å². The predicted octanol–water partition coefficient (Wildman–Crippen LogP) is 1.97. The molecule has 0 saturated carbocycles. The molecule has 1 N–H and O–H groups in total. The van der Waals surface area contributed by atoms with Gasteiger partial charge < -0.3 is 9.84 Å². The second-order valence-corrected chi connectivity index (χ2v) is 6.22. The van der Waals surface area contributed by atoms with Gasteiger partial charge in [0.2, 0.25) is 0 Å². The van der Waals surface area contributed by atoms with Crippen molar-refractivity contribution in [1.29, 1.82) is 0 Å². The van der Waals surface area contributed by atoms with Crippen LogP contribution in [0.5, 0.6) is 0 Å². The monoisotopic (exact) mass is 267 g/mol. The predicted molar refractivity (Wildman–Crippen MR) is 72.9 cm³/mol. The highest BCUT2D eigenvalue weighted by Gasteiger charge is 2.37. The summed E-state index contributed by atoms with van der Waals surface area (Å²) in [6.07, 6.45) is 3.60. The number of aliphatic hydroxyl groups is 1. The van der Waals surface area contributed by atoms with Crippen LogP contribution in [0.3, 0.4) is 0 Å². The van der Waals surface area contributed by atoms with Crippen LogP contribution in [-0.4, -0.2) is 38.2 Å². The molecule has 0 radical (unpaired) electrons. The van der Waals surface area contributed by atoms with Crippen LogP contribution in [0.2, 0.25) is 0 Å². The lowest BCUT2D eigenvalue weighted by atomic mass is 9.83. The van der Waals surface area contributed by atoms with E-state index in [2.05, 4.69) is 37.8 Å². The fourth-order valence-electron chi connectivity index (χ4n) is 2.65. The molecule has 1 aromatic rings. The van der Waals surface area contributed by atoms with E-state index in [-0.39, 0.29) is 12.1 Å². The van der Waals surface area contributed by atoms with E-state index in [0.29, 0.717) is 31.8 Å². The van der Waals surface area contributed by atoms with E-state index in [1.54, 1.807) is 6.33 Å². The second kappa shape index (κ2) is 5.59. The van der Waals surface area contributed by atoms with Crippen molar-refractivity contribution in [2.75, 3.05) is 6.61 Å². The molecular weight excluding hydrogens is 242 g/mol. The lowest BCUT2D eigenvalue weighted by Gasteiger charge is -2.38. The summed E-state index contributed by atoms with van der Waals surface area (Å²) in [5.41, 5.74) is -0.715. The van der Waals surface area contributed by atoms with E-state index in [1.807, 2.05) is 4.68 Å². The van der Waals surface area contributed by atoms with Crippen LogP contribution >= 0.6 is 0 Å². The molecule has 5 heteroatoms. The molecule has 19 heavy (non-hydrogen) atoms. The highest BCUT2D eigenvalue weighted by molar-refractivity contribution is 4.98. The van der Waals surface area contributed by atoms with Crippen molar-refractivity contribution in [3.8, 4) is 0 Å².